The van der Waals surface area contributed by atoms with Crippen LogP contribution < -0.4 is 0 Å². The molecule has 0 spiro atoms. The van der Waals surface area contributed by atoms with Crippen LogP contribution in [0.25, 0.3) is 153 Å². The summed E-state index contributed by atoms with van der Waals surface area (Å²) in [6.45, 7) is 9.10. The van der Waals surface area contributed by atoms with E-state index in [1.54, 1.807) is 0 Å². The summed E-state index contributed by atoms with van der Waals surface area (Å²) in [5.41, 5.74) is 21.0. The monoisotopic (exact) mass is 860 g/mol. The highest BCUT2D eigenvalue weighted by Crippen LogP contribution is 2.61. The summed E-state index contributed by atoms with van der Waals surface area (Å²) < 4.78 is 0. The Hall–Kier alpha value is -8.32. The van der Waals surface area contributed by atoms with Crippen LogP contribution in [0.4, 0.5) is 0 Å². The third-order valence-corrected chi connectivity index (χ3v) is 16.0. The Morgan fingerprint density at radius 2 is 0.559 bits per heavy atom. The van der Waals surface area contributed by atoms with Crippen LogP contribution >= 0.6 is 0 Å². The van der Waals surface area contributed by atoms with E-state index in [0.29, 0.717) is 0 Å². The van der Waals surface area contributed by atoms with Gasteiger partial charge in [-0.05, 0) is 215 Å². The van der Waals surface area contributed by atoms with E-state index in [2.05, 4.69) is 222 Å². The van der Waals surface area contributed by atoms with Crippen LogP contribution in [0.2, 0.25) is 0 Å². The number of hydrogen-bond acceptors (Lipinski definition) is 0. The molecule has 0 heteroatoms. The highest BCUT2D eigenvalue weighted by atomic mass is 14.4. The topological polar surface area (TPSA) is 0 Å². The Balaban J connectivity index is 1.15. The van der Waals surface area contributed by atoms with Crippen LogP contribution in [-0.4, -0.2) is 0 Å². The average Bonchev–Trinajstić information content (AvgIpc) is 3.99. The zero-order valence-electron chi connectivity index (χ0n) is 38.5. The SMILES string of the molecule is Cc1ccccc1-c1c2c(c(-c3ccccc3C)c3ccccc13)-c1ccc3c4cc5c(-c6ccccc6C)c6c7cccc8cccc(c6c(-c6ccccc6C)c5cc4c4ccc-2c1c43)c87. The average molecular weight is 861 g/mol. The summed E-state index contributed by atoms with van der Waals surface area (Å²) in [4.78, 5) is 0. The molecule has 0 atom stereocenters. The standard InChI is InChI=1S/C68H44/c1-37-17-5-9-23-42(37)59-46-27-13-14-28-47(46)60(43-24-10-6-18-38(43)2)68-53-34-32-49-55-36-57-56(35-54(55)48-31-33-52(67(59)68)64(53)63(48)49)61(44-25-11-7-19-39(44)3)65-50-29-15-21-41-22-16-30-51(58(41)50)66(65)62(57)45-26-12-8-20-40(45)4/h5-36H,1-4H3. The molecule has 0 nitrogen and oxygen atoms in total. The first-order chi connectivity index (χ1) is 33.5. The molecule has 0 aromatic heterocycles. The second kappa shape index (κ2) is 13.6. The van der Waals surface area contributed by atoms with Gasteiger partial charge in [-0.2, -0.15) is 0 Å². The van der Waals surface area contributed by atoms with E-state index in [-0.39, 0.29) is 0 Å². The van der Waals surface area contributed by atoms with Gasteiger partial charge in [0.1, 0.15) is 0 Å². The van der Waals surface area contributed by atoms with E-state index in [9.17, 15) is 0 Å². The molecule has 0 heterocycles. The third-order valence-electron chi connectivity index (χ3n) is 16.0. The van der Waals surface area contributed by atoms with Gasteiger partial charge in [0.15, 0.2) is 0 Å². The second-order valence-corrected chi connectivity index (χ2v) is 19.5. The summed E-state index contributed by atoms with van der Waals surface area (Å²) in [7, 11) is 0. The van der Waals surface area contributed by atoms with E-state index >= 15 is 0 Å². The Morgan fingerprint density at radius 3 is 0.971 bits per heavy atom. The van der Waals surface area contributed by atoms with Gasteiger partial charge in [0.2, 0.25) is 0 Å². The predicted octanol–water partition coefficient (Wildman–Crippen LogP) is 19.3. The lowest BCUT2D eigenvalue weighted by molar-refractivity contribution is 1.46. The molecule has 68 heavy (non-hydrogen) atoms. The van der Waals surface area contributed by atoms with Gasteiger partial charge < -0.3 is 0 Å². The van der Waals surface area contributed by atoms with E-state index in [4.69, 9.17) is 0 Å². The second-order valence-electron chi connectivity index (χ2n) is 19.5. The summed E-state index contributed by atoms with van der Waals surface area (Å²) in [5.74, 6) is 0. The molecule has 0 N–H and O–H groups in total. The molecule has 0 amide bonds. The van der Waals surface area contributed by atoms with Crippen LogP contribution in [0.5, 0.6) is 0 Å². The van der Waals surface area contributed by atoms with Crippen LogP contribution in [-0.2, 0) is 0 Å². The maximum atomic E-state index is 2.59. The lowest BCUT2D eigenvalue weighted by Gasteiger charge is -2.22. The fourth-order valence-corrected chi connectivity index (χ4v) is 13.1. The van der Waals surface area contributed by atoms with Crippen molar-refractivity contribution in [3.63, 3.8) is 0 Å². The maximum Gasteiger partial charge on any atom is -0.000730 e. The molecule has 0 saturated heterocycles. The molecule has 0 unspecified atom stereocenters. The number of benzene rings is 12. The lowest BCUT2D eigenvalue weighted by Crippen LogP contribution is -1.95. The van der Waals surface area contributed by atoms with Crippen molar-refractivity contribution in [2.24, 2.45) is 0 Å². The van der Waals surface area contributed by atoms with Gasteiger partial charge in [-0.25, -0.2) is 0 Å². The van der Waals surface area contributed by atoms with Gasteiger partial charge in [-0.1, -0.05) is 182 Å². The van der Waals surface area contributed by atoms with Crippen molar-refractivity contribution >= 4 is 86.2 Å². The molecular formula is C68H44. The Bertz CT molecular complexity index is 4240. The Kier molecular flexibility index (Phi) is 7.59. The fourth-order valence-electron chi connectivity index (χ4n) is 13.1. The number of aryl methyl sites for hydroxylation is 4. The normalized spacial score (nSPS) is 12.4. The molecule has 14 aromatic carbocycles. The summed E-state index contributed by atoms with van der Waals surface area (Å²) in [6.07, 6.45) is 0. The van der Waals surface area contributed by atoms with Crippen LogP contribution in [0.15, 0.2) is 194 Å². The van der Waals surface area contributed by atoms with Crippen LogP contribution in [0.1, 0.15) is 22.3 Å². The molecule has 0 saturated carbocycles. The summed E-state index contributed by atoms with van der Waals surface area (Å²) in [6, 6.07) is 74.0. The minimum absolute atomic E-state index is 1.29. The molecule has 0 bridgehead atoms. The first kappa shape index (κ1) is 37.9. The Morgan fingerprint density at radius 1 is 0.191 bits per heavy atom. The predicted molar refractivity (Wildman–Crippen MR) is 294 cm³/mol. The molecule has 1 aliphatic rings. The first-order valence-electron chi connectivity index (χ1n) is 24.1. The van der Waals surface area contributed by atoms with Gasteiger partial charge in [0.05, 0.1) is 0 Å². The molecule has 316 valence electrons. The van der Waals surface area contributed by atoms with E-state index in [1.165, 1.54) is 175 Å². The van der Waals surface area contributed by atoms with Crippen molar-refractivity contribution in [2.45, 2.75) is 27.7 Å². The van der Waals surface area contributed by atoms with Gasteiger partial charge in [-0.15, -0.1) is 0 Å². The molecule has 1 aliphatic carbocycles. The highest BCUT2D eigenvalue weighted by molar-refractivity contribution is 6.43. The van der Waals surface area contributed by atoms with Crippen LogP contribution in [0, 0.1) is 27.7 Å². The van der Waals surface area contributed by atoms with Gasteiger partial charge in [-0.3, -0.25) is 0 Å². The molecule has 0 radical (unpaired) electrons. The first-order valence-corrected chi connectivity index (χ1v) is 24.1. The maximum absolute atomic E-state index is 2.59. The minimum Gasteiger partial charge on any atom is -0.0620 e. The van der Waals surface area contributed by atoms with E-state index < -0.39 is 0 Å². The molecule has 15 rings (SSSR count). The summed E-state index contributed by atoms with van der Waals surface area (Å²) in [5, 5.41) is 21.2. The largest absolute Gasteiger partial charge is 0.0620 e. The Labute approximate surface area is 395 Å². The molecule has 14 aromatic rings. The highest BCUT2D eigenvalue weighted by Gasteiger charge is 2.34. The van der Waals surface area contributed by atoms with Gasteiger partial charge in [0.25, 0.3) is 0 Å². The third kappa shape index (κ3) is 4.79. The molecular weight excluding hydrogens is 817 g/mol. The van der Waals surface area contributed by atoms with E-state index in [1.807, 2.05) is 0 Å². The minimum atomic E-state index is 1.29. The van der Waals surface area contributed by atoms with Crippen LogP contribution in [0.3, 0.4) is 0 Å². The van der Waals surface area contributed by atoms with Crippen molar-refractivity contribution in [3.05, 3.63) is 216 Å². The smallest absolute Gasteiger partial charge is 0.000730 e. The van der Waals surface area contributed by atoms with Crippen molar-refractivity contribution < 1.29 is 0 Å². The van der Waals surface area contributed by atoms with Crippen molar-refractivity contribution in [3.8, 4) is 66.8 Å². The van der Waals surface area contributed by atoms with Crippen molar-refractivity contribution in [1.82, 2.24) is 0 Å². The summed E-state index contributed by atoms with van der Waals surface area (Å²) >= 11 is 0. The van der Waals surface area contributed by atoms with Crippen molar-refractivity contribution in [2.75, 3.05) is 0 Å². The lowest BCUT2D eigenvalue weighted by atomic mass is 9.81. The van der Waals surface area contributed by atoms with Crippen molar-refractivity contribution in [1.29, 1.82) is 0 Å². The zero-order valence-corrected chi connectivity index (χ0v) is 38.5. The fraction of sp³-hybridized carbons (Fsp3) is 0.0588. The number of rotatable bonds is 4. The van der Waals surface area contributed by atoms with E-state index in [0.717, 1.165) is 0 Å². The molecule has 0 aliphatic heterocycles. The zero-order chi connectivity index (χ0) is 45.1. The quantitative estimate of drug-likeness (QED) is 0.165. The number of fused-ring (bicyclic) bond motifs is 11. The number of hydrogen-bond donors (Lipinski definition) is 0. The van der Waals surface area contributed by atoms with Gasteiger partial charge >= 0.3 is 0 Å². The van der Waals surface area contributed by atoms with Gasteiger partial charge in [0, 0.05) is 0 Å². The molecule has 0 fully saturated rings.